The van der Waals surface area contributed by atoms with Gasteiger partial charge in [-0.05, 0) is 35.6 Å². The number of hydrogen-bond donors (Lipinski definition) is 4. The van der Waals surface area contributed by atoms with E-state index >= 15 is 0 Å². The van der Waals surface area contributed by atoms with Crippen molar-refractivity contribution >= 4 is 12.0 Å². The Hall–Kier alpha value is -3.31. The number of benzene rings is 2. The molecule has 0 saturated carbocycles. The SMILES string of the molecule is CC(C)C1N[C@@H]([C@H](O)[C@H](Cc2ccccc2)NC(=O)O)C(=O)N1Cc1cccc(OC(F)(F)F)c1. The van der Waals surface area contributed by atoms with Gasteiger partial charge < -0.3 is 25.2 Å². The Morgan fingerprint density at radius 2 is 1.80 bits per heavy atom. The summed E-state index contributed by atoms with van der Waals surface area (Å²) in [6, 6.07) is 12.2. The lowest BCUT2D eigenvalue weighted by Crippen LogP contribution is -2.55. The molecule has 2 amide bonds. The van der Waals surface area contributed by atoms with E-state index in [1.165, 1.54) is 23.1 Å². The van der Waals surface area contributed by atoms with Crippen molar-refractivity contribution in [1.82, 2.24) is 15.5 Å². The van der Waals surface area contributed by atoms with Gasteiger partial charge in [0.2, 0.25) is 5.91 Å². The molecule has 11 heteroatoms. The zero-order chi connectivity index (χ0) is 25.8. The summed E-state index contributed by atoms with van der Waals surface area (Å²) in [4.78, 5) is 26.2. The van der Waals surface area contributed by atoms with Crippen molar-refractivity contribution < 1.29 is 37.7 Å². The highest BCUT2D eigenvalue weighted by Crippen LogP contribution is 2.27. The normalized spacial score (nSPS) is 20.1. The van der Waals surface area contributed by atoms with E-state index in [-0.39, 0.29) is 18.9 Å². The maximum absolute atomic E-state index is 13.3. The van der Waals surface area contributed by atoms with E-state index in [4.69, 9.17) is 0 Å². The first-order valence-corrected chi connectivity index (χ1v) is 11.1. The molecule has 1 heterocycles. The Kier molecular flexibility index (Phi) is 8.23. The van der Waals surface area contributed by atoms with Gasteiger partial charge in [-0.1, -0.05) is 56.3 Å². The van der Waals surface area contributed by atoms with Crippen molar-refractivity contribution in [2.24, 2.45) is 5.92 Å². The number of carbonyl (C=O) groups is 2. The van der Waals surface area contributed by atoms with Gasteiger partial charge in [0, 0.05) is 6.54 Å². The van der Waals surface area contributed by atoms with Crippen molar-refractivity contribution in [2.75, 3.05) is 0 Å². The van der Waals surface area contributed by atoms with Crippen LogP contribution in [0, 0.1) is 5.92 Å². The van der Waals surface area contributed by atoms with Gasteiger partial charge in [0.05, 0.1) is 18.3 Å². The highest BCUT2D eigenvalue weighted by atomic mass is 19.4. The lowest BCUT2D eigenvalue weighted by atomic mass is 9.96. The number of ether oxygens (including phenoxy) is 1. The number of halogens is 3. The van der Waals surface area contributed by atoms with Gasteiger partial charge in [-0.3, -0.25) is 10.1 Å². The lowest BCUT2D eigenvalue weighted by Gasteiger charge is -2.27. The van der Waals surface area contributed by atoms with Crippen LogP contribution in [0.2, 0.25) is 0 Å². The van der Waals surface area contributed by atoms with Gasteiger partial charge in [0.1, 0.15) is 11.8 Å². The Balaban J connectivity index is 1.81. The average molecular weight is 495 g/mol. The zero-order valence-corrected chi connectivity index (χ0v) is 19.2. The molecule has 1 aliphatic heterocycles. The highest BCUT2D eigenvalue weighted by molar-refractivity contribution is 5.85. The molecular weight excluding hydrogens is 467 g/mol. The van der Waals surface area contributed by atoms with Gasteiger partial charge in [-0.25, -0.2) is 4.79 Å². The van der Waals surface area contributed by atoms with Gasteiger partial charge >= 0.3 is 12.5 Å². The minimum absolute atomic E-state index is 0.0251. The van der Waals surface area contributed by atoms with E-state index in [2.05, 4.69) is 15.4 Å². The predicted molar refractivity (Wildman–Crippen MR) is 120 cm³/mol. The van der Waals surface area contributed by atoms with Crippen LogP contribution in [0.15, 0.2) is 54.6 Å². The van der Waals surface area contributed by atoms with E-state index in [9.17, 15) is 33.0 Å². The Bertz CT molecular complexity index is 1020. The number of alkyl halides is 3. The summed E-state index contributed by atoms with van der Waals surface area (Å²) in [7, 11) is 0. The third-order valence-corrected chi connectivity index (χ3v) is 5.71. The second kappa shape index (κ2) is 11.0. The molecule has 0 aromatic heterocycles. The second-order valence-electron chi connectivity index (χ2n) is 8.73. The van der Waals surface area contributed by atoms with Gasteiger partial charge in [0.15, 0.2) is 0 Å². The predicted octanol–water partition coefficient (Wildman–Crippen LogP) is 3.11. The monoisotopic (exact) mass is 495 g/mol. The summed E-state index contributed by atoms with van der Waals surface area (Å²) in [6.07, 6.45) is -7.96. The maximum atomic E-state index is 13.3. The molecular formula is C24H28F3N3O5. The van der Waals surface area contributed by atoms with Crippen LogP contribution >= 0.6 is 0 Å². The van der Waals surface area contributed by atoms with Crippen molar-refractivity contribution in [3.8, 4) is 5.75 Å². The molecule has 35 heavy (non-hydrogen) atoms. The summed E-state index contributed by atoms with van der Waals surface area (Å²) >= 11 is 0. The first-order chi connectivity index (χ1) is 16.4. The fourth-order valence-corrected chi connectivity index (χ4v) is 4.19. The quantitative estimate of drug-likeness (QED) is 0.426. The van der Waals surface area contributed by atoms with Crippen LogP contribution in [0.1, 0.15) is 25.0 Å². The molecule has 2 aromatic carbocycles. The first kappa shape index (κ1) is 26.3. The van der Waals surface area contributed by atoms with Gasteiger partial charge in [-0.2, -0.15) is 0 Å². The largest absolute Gasteiger partial charge is 0.573 e. The van der Waals surface area contributed by atoms with Crippen LogP contribution in [0.25, 0.3) is 0 Å². The summed E-state index contributed by atoms with van der Waals surface area (Å²) in [5.74, 6) is -0.991. The topological polar surface area (TPSA) is 111 Å². The van der Waals surface area contributed by atoms with Crippen LogP contribution in [-0.4, -0.2) is 57.8 Å². The number of rotatable bonds is 9. The zero-order valence-electron chi connectivity index (χ0n) is 19.2. The summed E-state index contributed by atoms with van der Waals surface area (Å²) in [6.45, 7) is 3.68. The highest BCUT2D eigenvalue weighted by Gasteiger charge is 2.46. The van der Waals surface area contributed by atoms with E-state index in [0.29, 0.717) is 5.56 Å². The van der Waals surface area contributed by atoms with Crippen LogP contribution < -0.4 is 15.4 Å². The molecule has 1 unspecified atom stereocenters. The van der Waals surface area contributed by atoms with Crippen LogP contribution in [-0.2, 0) is 17.8 Å². The number of hydrogen-bond acceptors (Lipinski definition) is 5. The second-order valence-corrected chi connectivity index (χ2v) is 8.73. The molecule has 0 radical (unpaired) electrons. The molecule has 2 aromatic rings. The fraction of sp³-hybridized carbons (Fsp3) is 0.417. The summed E-state index contributed by atoms with van der Waals surface area (Å²) in [5.41, 5.74) is 1.18. The molecule has 190 valence electrons. The third kappa shape index (κ3) is 7.09. The van der Waals surface area contributed by atoms with Gasteiger partial charge in [-0.15, -0.1) is 13.2 Å². The third-order valence-electron chi connectivity index (χ3n) is 5.71. The van der Waals surface area contributed by atoms with E-state index in [1.807, 2.05) is 19.9 Å². The molecule has 4 atom stereocenters. The van der Waals surface area contributed by atoms with Gasteiger partial charge in [0.25, 0.3) is 0 Å². The van der Waals surface area contributed by atoms with E-state index < -0.39 is 48.5 Å². The first-order valence-electron chi connectivity index (χ1n) is 11.1. The van der Waals surface area contributed by atoms with Crippen LogP contribution in [0.4, 0.5) is 18.0 Å². The van der Waals surface area contributed by atoms with Crippen molar-refractivity contribution in [1.29, 1.82) is 0 Å². The smallest absolute Gasteiger partial charge is 0.465 e. The van der Waals surface area contributed by atoms with E-state index in [1.54, 1.807) is 30.3 Å². The molecule has 0 aliphatic carbocycles. The number of nitrogens with one attached hydrogen (secondary N) is 2. The molecule has 1 saturated heterocycles. The molecule has 8 nitrogen and oxygen atoms in total. The van der Waals surface area contributed by atoms with Crippen molar-refractivity contribution in [2.45, 2.75) is 57.5 Å². The minimum atomic E-state index is -4.84. The van der Waals surface area contributed by atoms with Crippen molar-refractivity contribution in [3.05, 3.63) is 65.7 Å². The molecule has 0 spiro atoms. The number of carbonyl (C=O) groups excluding carboxylic acids is 1. The number of nitrogens with zero attached hydrogens (tertiary/aromatic N) is 1. The average Bonchev–Trinajstić information content (AvgIpc) is 3.08. The number of aliphatic hydroxyl groups excluding tert-OH is 1. The fourth-order valence-electron chi connectivity index (χ4n) is 4.19. The summed E-state index contributed by atoms with van der Waals surface area (Å²) < 4.78 is 41.8. The van der Waals surface area contributed by atoms with Crippen LogP contribution in [0.5, 0.6) is 5.75 Å². The van der Waals surface area contributed by atoms with E-state index in [0.717, 1.165) is 5.56 Å². The minimum Gasteiger partial charge on any atom is -0.465 e. The summed E-state index contributed by atoms with van der Waals surface area (Å²) in [5, 5.41) is 25.7. The lowest BCUT2D eigenvalue weighted by molar-refractivity contribution is -0.274. The van der Waals surface area contributed by atoms with Crippen LogP contribution in [0.3, 0.4) is 0 Å². The Labute approximate surface area is 200 Å². The maximum Gasteiger partial charge on any atom is 0.573 e. The standard InChI is InChI=1S/C24H28F3N3O5/c1-14(2)21-29-19(20(31)18(28-23(33)34)12-15-7-4-3-5-8-15)22(32)30(21)13-16-9-6-10-17(11-16)35-24(25,26)27/h3-11,14,18-21,28-29,31H,12-13H2,1-2H3,(H,33,34)/t18-,19-,20+,21?/m0/s1. The van der Waals surface area contributed by atoms with Crippen molar-refractivity contribution in [3.63, 3.8) is 0 Å². The molecule has 4 N–H and O–H groups in total. The molecule has 3 rings (SSSR count). The number of carboxylic acid groups (broad SMARTS) is 1. The molecule has 1 fully saturated rings. The molecule has 0 bridgehead atoms. The number of amides is 2. The Morgan fingerprint density at radius 1 is 1.14 bits per heavy atom. The number of aliphatic hydroxyl groups is 1. The Morgan fingerprint density at radius 3 is 2.40 bits per heavy atom. The molecule has 1 aliphatic rings.